The molecule has 0 aromatic carbocycles. The molecule has 1 aliphatic rings. The molecule has 2 rings (SSSR count). The molecule has 7 nitrogen and oxygen atoms in total. The summed E-state index contributed by atoms with van der Waals surface area (Å²) in [6.45, 7) is 7.43. The van der Waals surface area contributed by atoms with E-state index in [-0.39, 0.29) is 11.7 Å². The van der Waals surface area contributed by atoms with Gasteiger partial charge in [0.1, 0.15) is 5.82 Å². The maximum absolute atomic E-state index is 12.6. The number of carbonyl (C=O) groups excluding carboxylic acids is 1. The number of hydrogen-bond donors (Lipinski definition) is 1. The highest BCUT2D eigenvalue weighted by Gasteiger charge is 2.26. The summed E-state index contributed by atoms with van der Waals surface area (Å²) in [6.07, 6.45) is 1.13. The standard InChI is InChI=1S/C18H30N4O3S/c1-6-26(24,25)22-9-7-14-11-15(18(23)21(4)5)17(19-12-13(2)3)20-16(14)8-10-22/h11,13H,6-10,12H2,1-5H3,(H,19,20). The molecule has 146 valence electrons. The van der Waals surface area contributed by atoms with Gasteiger partial charge in [-0.3, -0.25) is 4.79 Å². The predicted molar refractivity (Wildman–Crippen MR) is 104 cm³/mol. The lowest BCUT2D eigenvalue weighted by Gasteiger charge is -2.18. The van der Waals surface area contributed by atoms with Gasteiger partial charge in [0.25, 0.3) is 5.91 Å². The summed E-state index contributed by atoms with van der Waals surface area (Å²) >= 11 is 0. The fourth-order valence-corrected chi connectivity index (χ4v) is 4.02. The topological polar surface area (TPSA) is 82.6 Å². The van der Waals surface area contributed by atoms with Gasteiger partial charge in [-0.1, -0.05) is 13.8 Å². The third-order valence-corrected chi connectivity index (χ3v) is 6.37. The number of fused-ring (bicyclic) bond motifs is 1. The van der Waals surface area contributed by atoms with E-state index in [1.165, 1.54) is 9.21 Å². The van der Waals surface area contributed by atoms with E-state index in [0.717, 1.165) is 17.8 Å². The molecule has 0 aliphatic carbocycles. The van der Waals surface area contributed by atoms with Gasteiger partial charge in [0.05, 0.1) is 11.3 Å². The van der Waals surface area contributed by atoms with E-state index in [4.69, 9.17) is 4.98 Å². The first-order chi connectivity index (χ1) is 12.2. The van der Waals surface area contributed by atoms with Crippen molar-refractivity contribution in [2.75, 3.05) is 44.8 Å². The number of anilines is 1. The number of sulfonamides is 1. The highest BCUT2D eigenvalue weighted by atomic mass is 32.2. The van der Waals surface area contributed by atoms with Crippen LogP contribution in [0.4, 0.5) is 5.82 Å². The SMILES string of the molecule is CCS(=O)(=O)N1CCc2cc(C(=O)N(C)C)c(NCC(C)C)nc2CC1. The van der Waals surface area contributed by atoms with Crippen LogP contribution >= 0.6 is 0 Å². The summed E-state index contributed by atoms with van der Waals surface area (Å²) in [5.74, 6) is 1.00. The maximum Gasteiger partial charge on any atom is 0.257 e. The summed E-state index contributed by atoms with van der Waals surface area (Å²) in [4.78, 5) is 18.8. The fourth-order valence-electron chi connectivity index (χ4n) is 2.91. The first-order valence-corrected chi connectivity index (χ1v) is 10.7. The number of rotatable bonds is 6. The molecule has 1 N–H and O–H groups in total. The van der Waals surface area contributed by atoms with Crippen LogP contribution in [0.25, 0.3) is 0 Å². The van der Waals surface area contributed by atoms with Gasteiger partial charge in [-0.05, 0) is 30.9 Å². The van der Waals surface area contributed by atoms with Gasteiger partial charge >= 0.3 is 0 Å². The van der Waals surface area contributed by atoms with Crippen LogP contribution in [0, 0.1) is 5.92 Å². The highest BCUT2D eigenvalue weighted by Crippen LogP contribution is 2.24. The van der Waals surface area contributed by atoms with Crippen LogP contribution in [0.3, 0.4) is 0 Å². The molecule has 8 heteroatoms. The number of hydrogen-bond acceptors (Lipinski definition) is 5. The summed E-state index contributed by atoms with van der Waals surface area (Å²) in [6, 6.07) is 1.88. The molecular formula is C18H30N4O3S. The van der Waals surface area contributed by atoms with E-state index < -0.39 is 10.0 Å². The van der Waals surface area contributed by atoms with Crippen molar-refractivity contribution in [3.63, 3.8) is 0 Å². The summed E-state index contributed by atoms with van der Waals surface area (Å²) in [5, 5.41) is 3.28. The Balaban J connectivity index is 2.38. The van der Waals surface area contributed by atoms with Gasteiger partial charge in [0.15, 0.2) is 0 Å². The van der Waals surface area contributed by atoms with Crippen molar-refractivity contribution < 1.29 is 13.2 Å². The molecular weight excluding hydrogens is 352 g/mol. The Morgan fingerprint density at radius 2 is 1.96 bits per heavy atom. The van der Waals surface area contributed by atoms with Crippen LogP contribution in [0.5, 0.6) is 0 Å². The largest absolute Gasteiger partial charge is 0.369 e. The van der Waals surface area contributed by atoms with Gasteiger partial charge in [-0.2, -0.15) is 0 Å². The highest BCUT2D eigenvalue weighted by molar-refractivity contribution is 7.89. The molecule has 0 fully saturated rings. The summed E-state index contributed by atoms with van der Waals surface area (Å²) < 4.78 is 25.9. The zero-order valence-electron chi connectivity index (χ0n) is 16.4. The second kappa shape index (κ2) is 8.35. The van der Waals surface area contributed by atoms with Crippen LogP contribution in [-0.4, -0.2) is 68.0 Å². The minimum Gasteiger partial charge on any atom is -0.369 e. The van der Waals surface area contributed by atoms with Gasteiger partial charge in [0.2, 0.25) is 10.0 Å². The van der Waals surface area contributed by atoms with Gasteiger partial charge < -0.3 is 10.2 Å². The number of aromatic nitrogens is 1. The number of nitrogens with zero attached hydrogens (tertiary/aromatic N) is 3. The molecule has 0 unspecified atom stereocenters. The summed E-state index contributed by atoms with van der Waals surface area (Å²) in [5.41, 5.74) is 2.38. The van der Waals surface area contributed by atoms with Crippen LogP contribution < -0.4 is 5.32 Å². The first kappa shape index (κ1) is 20.6. The number of carbonyl (C=O) groups is 1. The Morgan fingerprint density at radius 3 is 2.54 bits per heavy atom. The Bertz CT molecular complexity index is 760. The number of nitrogens with one attached hydrogen (secondary N) is 1. The van der Waals surface area contributed by atoms with Crippen molar-refractivity contribution in [1.82, 2.24) is 14.2 Å². The lowest BCUT2D eigenvalue weighted by atomic mass is 10.0. The lowest BCUT2D eigenvalue weighted by molar-refractivity contribution is 0.0828. The minimum absolute atomic E-state index is 0.0995. The zero-order chi connectivity index (χ0) is 19.5. The Kier molecular flexibility index (Phi) is 6.63. The van der Waals surface area contributed by atoms with Crippen molar-refractivity contribution in [3.05, 3.63) is 22.9 Å². The van der Waals surface area contributed by atoms with E-state index in [1.807, 2.05) is 6.07 Å². The molecule has 1 aromatic rings. The Labute approximate surface area is 156 Å². The van der Waals surface area contributed by atoms with Crippen molar-refractivity contribution >= 4 is 21.7 Å². The van der Waals surface area contributed by atoms with Crippen LogP contribution in [0.15, 0.2) is 6.07 Å². The van der Waals surface area contributed by atoms with Gasteiger partial charge in [-0.25, -0.2) is 17.7 Å². The number of amides is 1. The molecule has 0 saturated heterocycles. The van der Waals surface area contributed by atoms with Crippen molar-refractivity contribution in [3.8, 4) is 0 Å². The maximum atomic E-state index is 12.6. The van der Waals surface area contributed by atoms with E-state index in [1.54, 1.807) is 21.0 Å². The van der Waals surface area contributed by atoms with E-state index in [9.17, 15) is 13.2 Å². The Morgan fingerprint density at radius 1 is 1.31 bits per heavy atom. The average molecular weight is 383 g/mol. The van der Waals surface area contributed by atoms with Crippen LogP contribution in [-0.2, 0) is 22.9 Å². The first-order valence-electron chi connectivity index (χ1n) is 9.11. The van der Waals surface area contributed by atoms with Gasteiger partial charge in [-0.15, -0.1) is 0 Å². The molecule has 1 amide bonds. The van der Waals surface area contributed by atoms with Crippen molar-refractivity contribution in [2.24, 2.45) is 5.92 Å². The quantitative estimate of drug-likeness (QED) is 0.808. The molecule has 0 radical (unpaired) electrons. The normalized spacial score (nSPS) is 15.5. The third kappa shape index (κ3) is 4.73. The molecule has 0 atom stereocenters. The van der Waals surface area contributed by atoms with Crippen molar-refractivity contribution in [2.45, 2.75) is 33.6 Å². The molecule has 0 saturated carbocycles. The predicted octanol–water partition coefficient (Wildman–Crippen LogP) is 1.60. The van der Waals surface area contributed by atoms with Crippen LogP contribution in [0.2, 0.25) is 0 Å². The molecule has 1 aliphatic heterocycles. The Hall–Kier alpha value is -1.67. The molecule has 0 bridgehead atoms. The van der Waals surface area contributed by atoms with E-state index in [2.05, 4.69) is 19.2 Å². The second-order valence-corrected chi connectivity index (χ2v) is 9.52. The smallest absolute Gasteiger partial charge is 0.257 e. The lowest BCUT2D eigenvalue weighted by Crippen LogP contribution is -2.34. The van der Waals surface area contributed by atoms with Crippen molar-refractivity contribution in [1.29, 1.82) is 0 Å². The van der Waals surface area contributed by atoms with Crippen LogP contribution in [0.1, 0.15) is 42.4 Å². The van der Waals surface area contributed by atoms with Gasteiger partial charge in [0, 0.05) is 45.8 Å². The van der Waals surface area contributed by atoms with E-state index >= 15 is 0 Å². The monoisotopic (exact) mass is 382 g/mol. The molecule has 1 aromatic heterocycles. The summed E-state index contributed by atoms with van der Waals surface area (Å²) in [7, 11) is 0.217. The molecule has 26 heavy (non-hydrogen) atoms. The third-order valence-electron chi connectivity index (χ3n) is 4.49. The fraction of sp³-hybridized carbons (Fsp3) is 0.667. The molecule has 2 heterocycles. The zero-order valence-corrected chi connectivity index (χ0v) is 17.2. The molecule has 0 spiro atoms. The number of pyridine rings is 1. The average Bonchev–Trinajstić information content (AvgIpc) is 2.80. The second-order valence-electron chi connectivity index (χ2n) is 7.26. The van der Waals surface area contributed by atoms with E-state index in [0.29, 0.717) is 43.2 Å². The minimum atomic E-state index is -3.22.